The van der Waals surface area contributed by atoms with Gasteiger partial charge in [0.1, 0.15) is 12.4 Å². The maximum Gasteiger partial charge on any atom is 0.124 e. The van der Waals surface area contributed by atoms with Gasteiger partial charge in [-0.3, -0.25) is 4.98 Å². The third-order valence-corrected chi connectivity index (χ3v) is 4.46. The van der Waals surface area contributed by atoms with Gasteiger partial charge in [-0.25, -0.2) is 0 Å². The van der Waals surface area contributed by atoms with E-state index in [1.165, 1.54) is 37.9 Å². The van der Waals surface area contributed by atoms with E-state index in [4.69, 9.17) is 4.74 Å². The number of hydrogen-bond acceptors (Lipinski definition) is 4. The lowest BCUT2D eigenvalue weighted by atomic mass is 10.1. The van der Waals surface area contributed by atoms with E-state index >= 15 is 0 Å². The van der Waals surface area contributed by atoms with E-state index in [0.29, 0.717) is 6.61 Å². The van der Waals surface area contributed by atoms with Crippen LogP contribution in [0.2, 0.25) is 0 Å². The number of pyridine rings is 1. The number of hydrogen-bond donors (Lipinski definition) is 1. The number of aromatic nitrogens is 1. The molecule has 2 heterocycles. The van der Waals surface area contributed by atoms with Crippen LogP contribution in [0.4, 0.5) is 0 Å². The van der Waals surface area contributed by atoms with Gasteiger partial charge in [0, 0.05) is 43.2 Å². The molecule has 0 saturated carbocycles. The van der Waals surface area contributed by atoms with Gasteiger partial charge in [-0.2, -0.15) is 0 Å². The predicted octanol–water partition coefficient (Wildman–Crippen LogP) is 3.24. The molecule has 4 heteroatoms. The summed E-state index contributed by atoms with van der Waals surface area (Å²) in [5, 5.41) is 3.55. The lowest BCUT2D eigenvalue weighted by molar-refractivity contribution is 0.228. The van der Waals surface area contributed by atoms with Crippen molar-refractivity contribution in [2.24, 2.45) is 0 Å². The third-order valence-electron chi connectivity index (χ3n) is 4.46. The number of para-hydroxylation sites is 1. The molecule has 4 nitrogen and oxygen atoms in total. The van der Waals surface area contributed by atoms with Crippen molar-refractivity contribution in [3.8, 4) is 5.75 Å². The van der Waals surface area contributed by atoms with Gasteiger partial charge in [0.05, 0.1) is 0 Å². The highest BCUT2D eigenvalue weighted by Crippen LogP contribution is 2.19. The summed E-state index contributed by atoms with van der Waals surface area (Å²) in [5.41, 5.74) is 2.30. The normalized spacial score (nSPS) is 15.3. The second-order valence-electron chi connectivity index (χ2n) is 6.34. The lowest BCUT2D eigenvalue weighted by Gasteiger charge is -2.26. The summed E-state index contributed by atoms with van der Waals surface area (Å²) < 4.78 is 5.98. The quantitative estimate of drug-likeness (QED) is 0.756. The number of piperidine rings is 1. The predicted molar refractivity (Wildman–Crippen MR) is 97.0 cm³/mol. The zero-order chi connectivity index (χ0) is 16.5. The number of nitrogens with zero attached hydrogens (tertiary/aromatic N) is 2. The van der Waals surface area contributed by atoms with Crippen LogP contribution in [0.15, 0.2) is 48.8 Å². The first kappa shape index (κ1) is 16.9. The fourth-order valence-corrected chi connectivity index (χ4v) is 3.08. The SMILES string of the molecule is c1cncc(COc2ccccc2CNCCN2CCCCC2)c1. The van der Waals surface area contributed by atoms with E-state index in [1.807, 2.05) is 30.5 Å². The van der Waals surface area contributed by atoms with E-state index in [9.17, 15) is 0 Å². The highest BCUT2D eigenvalue weighted by molar-refractivity contribution is 5.33. The molecule has 24 heavy (non-hydrogen) atoms. The van der Waals surface area contributed by atoms with E-state index in [0.717, 1.165) is 30.9 Å². The van der Waals surface area contributed by atoms with Crippen molar-refractivity contribution in [1.29, 1.82) is 0 Å². The molecule has 1 fully saturated rings. The Kier molecular flexibility index (Phi) is 6.63. The highest BCUT2D eigenvalue weighted by atomic mass is 16.5. The van der Waals surface area contributed by atoms with Gasteiger partial charge in [-0.15, -0.1) is 0 Å². The molecule has 1 aromatic heterocycles. The first-order valence-electron chi connectivity index (χ1n) is 8.94. The Morgan fingerprint density at radius 3 is 2.75 bits per heavy atom. The average Bonchev–Trinajstić information content (AvgIpc) is 2.66. The maximum absolute atomic E-state index is 5.98. The smallest absolute Gasteiger partial charge is 0.124 e. The molecule has 2 aromatic rings. The Balaban J connectivity index is 1.45. The fraction of sp³-hybridized carbons (Fsp3) is 0.450. The molecule has 0 atom stereocenters. The Bertz CT molecular complexity index is 597. The zero-order valence-electron chi connectivity index (χ0n) is 14.3. The van der Waals surface area contributed by atoms with Gasteiger partial charge < -0.3 is 15.0 Å². The second-order valence-corrected chi connectivity index (χ2v) is 6.34. The molecule has 0 amide bonds. The first-order chi connectivity index (χ1) is 11.9. The van der Waals surface area contributed by atoms with Gasteiger partial charge in [0.15, 0.2) is 0 Å². The Hall–Kier alpha value is -1.91. The largest absolute Gasteiger partial charge is 0.489 e. The van der Waals surface area contributed by atoms with Crippen molar-refractivity contribution in [1.82, 2.24) is 15.2 Å². The van der Waals surface area contributed by atoms with Crippen LogP contribution in [-0.2, 0) is 13.2 Å². The molecule has 1 N–H and O–H groups in total. The molecular formula is C20H27N3O. The van der Waals surface area contributed by atoms with Gasteiger partial charge in [0.2, 0.25) is 0 Å². The molecule has 0 bridgehead atoms. The zero-order valence-corrected chi connectivity index (χ0v) is 14.3. The Morgan fingerprint density at radius 2 is 1.92 bits per heavy atom. The summed E-state index contributed by atoms with van der Waals surface area (Å²) in [7, 11) is 0. The van der Waals surface area contributed by atoms with Crippen molar-refractivity contribution in [2.45, 2.75) is 32.4 Å². The number of benzene rings is 1. The molecule has 0 unspecified atom stereocenters. The van der Waals surface area contributed by atoms with Crippen molar-refractivity contribution in [2.75, 3.05) is 26.2 Å². The van der Waals surface area contributed by atoms with Crippen LogP contribution in [-0.4, -0.2) is 36.1 Å². The van der Waals surface area contributed by atoms with Crippen LogP contribution in [0, 0.1) is 0 Å². The summed E-state index contributed by atoms with van der Waals surface area (Å²) in [4.78, 5) is 6.68. The summed E-state index contributed by atoms with van der Waals surface area (Å²) in [5.74, 6) is 0.951. The summed E-state index contributed by atoms with van der Waals surface area (Å²) in [6, 6.07) is 12.2. The fourth-order valence-electron chi connectivity index (χ4n) is 3.08. The number of likely N-dealkylation sites (tertiary alicyclic amines) is 1. The third kappa shape index (κ3) is 5.32. The standard InChI is InChI=1S/C20H27N3O/c1-4-12-23(13-5-1)14-11-22-16-19-8-2-3-9-20(19)24-17-18-7-6-10-21-15-18/h2-3,6-10,15,22H,1,4-5,11-14,16-17H2. The minimum atomic E-state index is 0.554. The van der Waals surface area contributed by atoms with Gasteiger partial charge in [0.25, 0.3) is 0 Å². The molecule has 0 aliphatic carbocycles. The van der Waals surface area contributed by atoms with Crippen molar-refractivity contribution < 1.29 is 4.74 Å². The summed E-state index contributed by atoms with van der Waals surface area (Å²) in [6.07, 6.45) is 7.73. The van der Waals surface area contributed by atoms with Crippen LogP contribution in [0.3, 0.4) is 0 Å². The lowest BCUT2D eigenvalue weighted by Crippen LogP contribution is -2.35. The van der Waals surface area contributed by atoms with Gasteiger partial charge >= 0.3 is 0 Å². The highest BCUT2D eigenvalue weighted by Gasteiger charge is 2.09. The first-order valence-corrected chi connectivity index (χ1v) is 8.94. The Morgan fingerprint density at radius 1 is 1.04 bits per heavy atom. The number of nitrogens with one attached hydrogen (secondary N) is 1. The molecule has 0 radical (unpaired) electrons. The van der Waals surface area contributed by atoms with Crippen LogP contribution >= 0.6 is 0 Å². The van der Waals surface area contributed by atoms with Crippen molar-refractivity contribution in [3.63, 3.8) is 0 Å². The van der Waals surface area contributed by atoms with E-state index in [1.54, 1.807) is 6.20 Å². The number of rotatable bonds is 8. The molecule has 1 aliphatic heterocycles. The summed E-state index contributed by atoms with van der Waals surface area (Å²) in [6.45, 7) is 6.07. The van der Waals surface area contributed by atoms with Crippen molar-refractivity contribution in [3.05, 3.63) is 59.9 Å². The van der Waals surface area contributed by atoms with Crippen LogP contribution in [0.1, 0.15) is 30.4 Å². The van der Waals surface area contributed by atoms with Crippen LogP contribution in [0.5, 0.6) is 5.75 Å². The molecular weight excluding hydrogens is 298 g/mol. The van der Waals surface area contributed by atoms with E-state index in [2.05, 4.69) is 27.3 Å². The van der Waals surface area contributed by atoms with Crippen molar-refractivity contribution >= 4 is 0 Å². The van der Waals surface area contributed by atoms with E-state index < -0.39 is 0 Å². The molecule has 128 valence electrons. The van der Waals surface area contributed by atoms with Crippen LogP contribution < -0.4 is 10.1 Å². The minimum absolute atomic E-state index is 0.554. The van der Waals surface area contributed by atoms with Crippen LogP contribution in [0.25, 0.3) is 0 Å². The molecule has 1 aliphatic rings. The molecule has 1 saturated heterocycles. The average molecular weight is 325 g/mol. The topological polar surface area (TPSA) is 37.4 Å². The summed E-state index contributed by atoms with van der Waals surface area (Å²) >= 11 is 0. The minimum Gasteiger partial charge on any atom is -0.489 e. The van der Waals surface area contributed by atoms with Gasteiger partial charge in [-0.1, -0.05) is 30.7 Å². The van der Waals surface area contributed by atoms with E-state index in [-0.39, 0.29) is 0 Å². The Labute approximate surface area is 144 Å². The second kappa shape index (κ2) is 9.40. The number of ether oxygens (including phenoxy) is 1. The molecule has 3 rings (SSSR count). The van der Waals surface area contributed by atoms with Gasteiger partial charge in [-0.05, 0) is 38.1 Å². The molecule has 1 aromatic carbocycles. The maximum atomic E-state index is 5.98. The molecule has 0 spiro atoms. The monoisotopic (exact) mass is 325 g/mol.